The summed E-state index contributed by atoms with van der Waals surface area (Å²) in [5.74, 6) is 0.103. The van der Waals surface area contributed by atoms with E-state index in [4.69, 9.17) is 17.3 Å². The van der Waals surface area contributed by atoms with Crippen molar-refractivity contribution >= 4 is 11.6 Å². The highest BCUT2D eigenvalue weighted by atomic mass is 35.5. The van der Waals surface area contributed by atoms with Crippen LogP contribution < -0.4 is 5.73 Å². The van der Waals surface area contributed by atoms with Gasteiger partial charge in [0, 0.05) is 16.6 Å². The van der Waals surface area contributed by atoms with Crippen LogP contribution in [0.1, 0.15) is 16.7 Å². The highest BCUT2D eigenvalue weighted by Gasteiger charge is 2.27. The van der Waals surface area contributed by atoms with E-state index >= 15 is 0 Å². The van der Waals surface area contributed by atoms with Crippen molar-refractivity contribution in [3.8, 4) is 0 Å². The van der Waals surface area contributed by atoms with Gasteiger partial charge < -0.3 is 5.73 Å². The molecule has 1 aliphatic carbocycles. The van der Waals surface area contributed by atoms with Crippen molar-refractivity contribution < 1.29 is 4.39 Å². The predicted molar refractivity (Wildman–Crippen MR) is 80.4 cm³/mol. The molecule has 0 amide bonds. The molecule has 0 saturated carbocycles. The molecule has 0 radical (unpaired) electrons. The molecular weight excluding hydrogens is 273 g/mol. The minimum absolute atomic E-state index is 0.0724. The van der Waals surface area contributed by atoms with Gasteiger partial charge in [0.15, 0.2) is 0 Å². The van der Waals surface area contributed by atoms with Crippen LogP contribution in [0.2, 0.25) is 5.02 Å². The molecule has 0 spiro atoms. The van der Waals surface area contributed by atoms with E-state index in [0.29, 0.717) is 22.9 Å². The van der Waals surface area contributed by atoms with E-state index in [-0.39, 0.29) is 11.9 Å². The monoisotopic (exact) mass is 289 g/mol. The Morgan fingerprint density at radius 1 is 1.10 bits per heavy atom. The van der Waals surface area contributed by atoms with E-state index in [0.717, 1.165) is 12.8 Å². The van der Waals surface area contributed by atoms with Crippen molar-refractivity contribution in [3.05, 3.63) is 70.0 Å². The number of hydrogen-bond donors (Lipinski definition) is 1. The first-order valence-electron chi connectivity index (χ1n) is 6.90. The maximum atomic E-state index is 13.8. The Balaban J connectivity index is 1.74. The molecule has 1 aliphatic rings. The first-order valence-corrected chi connectivity index (χ1v) is 7.28. The van der Waals surface area contributed by atoms with Crippen LogP contribution in [-0.4, -0.2) is 6.04 Å². The predicted octanol–water partition coefficient (Wildman–Crippen LogP) is 3.76. The normalized spacial score (nSPS) is 16.1. The summed E-state index contributed by atoms with van der Waals surface area (Å²) in [6.07, 6.45) is 2.44. The third-order valence-electron chi connectivity index (χ3n) is 4.19. The van der Waals surface area contributed by atoms with Crippen LogP contribution in [-0.2, 0) is 19.3 Å². The average molecular weight is 290 g/mol. The van der Waals surface area contributed by atoms with Crippen LogP contribution in [0.15, 0.2) is 42.5 Å². The van der Waals surface area contributed by atoms with Crippen molar-refractivity contribution in [2.45, 2.75) is 25.3 Å². The van der Waals surface area contributed by atoms with E-state index in [1.165, 1.54) is 17.2 Å². The molecule has 20 heavy (non-hydrogen) atoms. The molecule has 0 heterocycles. The highest BCUT2D eigenvalue weighted by Crippen LogP contribution is 2.30. The second kappa shape index (κ2) is 5.55. The van der Waals surface area contributed by atoms with Crippen molar-refractivity contribution in [2.24, 2.45) is 11.7 Å². The van der Waals surface area contributed by atoms with Gasteiger partial charge in [0.1, 0.15) is 5.82 Å². The van der Waals surface area contributed by atoms with Crippen LogP contribution in [0.25, 0.3) is 0 Å². The molecule has 1 unspecified atom stereocenters. The standard InChI is InChI=1S/C17H17ClFN/c18-15-6-3-7-16(19)14(15)10-17(20)13-8-11-4-1-2-5-12(11)9-13/h1-7,13,17H,8-10,20H2. The van der Waals surface area contributed by atoms with Crippen molar-refractivity contribution in [2.75, 3.05) is 0 Å². The molecule has 1 nitrogen and oxygen atoms in total. The lowest BCUT2D eigenvalue weighted by Crippen LogP contribution is -2.33. The van der Waals surface area contributed by atoms with Crippen molar-refractivity contribution in [1.82, 2.24) is 0 Å². The third kappa shape index (κ3) is 2.58. The molecule has 0 saturated heterocycles. The largest absolute Gasteiger partial charge is 0.327 e. The summed E-state index contributed by atoms with van der Waals surface area (Å²) in [5.41, 5.74) is 9.58. The molecule has 104 valence electrons. The fourth-order valence-corrected chi connectivity index (χ4v) is 3.27. The first kappa shape index (κ1) is 13.6. The highest BCUT2D eigenvalue weighted by molar-refractivity contribution is 6.31. The van der Waals surface area contributed by atoms with E-state index in [2.05, 4.69) is 24.3 Å². The number of nitrogens with two attached hydrogens (primary N) is 1. The summed E-state index contributed by atoms with van der Waals surface area (Å²) in [6.45, 7) is 0. The number of hydrogen-bond acceptors (Lipinski definition) is 1. The van der Waals surface area contributed by atoms with Gasteiger partial charge in [-0.3, -0.25) is 0 Å². The van der Waals surface area contributed by atoms with Crippen molar-refractivity contribution in [3.63, 3.8) is 0 Å². The summed E-state index contributed by atoms with van der Waals surface area (Å²) in [4.78, 5) is 0. The summed E-state index contributed by atoms with van der Waals surface area (Å²) in [5, 5.41) is 0.468. The van der Waals surface area contributed by atoms with Gasteiger partial charge in [0.25, 0.3) is 0 Å². The van der Waals surface area contributed by atoms with Crippen LogP contribution in [0.3, 0.4) is 0 Å². The number of fused-ring (bicyclic) bond motifs is 1. The Labute approximate surface area is 123 Å². The lowest BCUT2D eigenvalue weighted by molar-refractivity contribution is 0.431. The summed E-state index contributed by atoms with van der Waals surface area (Å²) in [7, 11) is 0. The summed E-state index contributed by atoms with van der Waals surface area (Å²) >= 11 is 6.07. The zero-order valence-corrected chi connectivity index (χ0v) is 11.9. The number of rotatable bonds is 3. The molecule has 0 aromatic heterocycles. The van der Waals surface area contributed by atoms with Gasteiger partial charge in [-0.05, 0) is 48.4 Å². The fourth-order valence-electron chi connectivity index (χ4n) is 3.03. The van der Waals surface area contributed by atoms with Crippen LogP contribution in [0, 0.1) is 11.7 Å². The van der Waals surface area contributed by atoms with E-state index in [1.807, 2.05) is 0 Å². The van der Waals surface area contributed by atoms with Gasteiger partial charge >= 0.3 is 0 Å². The van der Waals surface area contributed by atoms with Gasteiger partial charge in [-0.25, -0.2) is 4.39 Å². The molecule has 0 fully saturated rings. The third-order valence-corrected chi connectivity index (χ3v) is 4.54. The molecular formula is C17H17ClFN. The molecule has 2 aromatic carbocycles. The lowest BCUT2D eigenvalue weighted by Gasteiger charge is -2.19. The zero-order chi connectivity index (χ0) is 14.1. The number of halogens is 2. The van der Waals surface area contributed by atoms with E-state index < -0.39 is 0 Å². The van der Waals surface area contributed by atoms with Crippen LogP contribution >= 0.6 is 11.6 Å². The summed E-state index contributed by atoms with van der Waals surface area (Å²) in [6, 6.07) is 13.1. The Hall–Kier alpha value is -1.38. The Bertz CT molecular complexity index is 581. The smallest absolute Gasteiger partial charge is 0.127 e. The van der Waals surface area contributed by atoms with Gasteiger partial charge in [0.2, 0.25) is 0 Å². The lowest BCUT2D eigenvalue weighted by atomic mass is 9.91. The molecule has 2 aromatic rings. The molecule has 0 bridgehead atoms. The minimum Gasteiger partial charge on any atom is -0.327 e. The van der Waals surface area contributed by atoms with Crippen molar-refractivity contribution in [1.29, 1.82) is 0 Å². The van der Waals surface area contributed by atoms with Gasteiger partial charge in [-0.1, -0.05) is 41.9 Å². The zero-order valence-electron chi connectivity index (χ0n) is 11.2. The van der Waals surface area contributed by atoms with E-state index in [9.17, 15) is 4.39 Å². The Morgan fingerprint density at radius 3 is 2.35 bits per heavy atom. The second-order valence-corrected chi connectivity index (χ2v) is 5.91. The average Bonchev–Trinajstić information content (AvgIpc) is 2.87. The van der Waals surface area contributed by atoms with Crippen LogP contribution in [0.4, 0.5) is 4.39 Å². The molecule has 3 heteroatoms. The van der Waals surface area contributed by atoms with Gasteiger partial charge in [-0.15, -0.1) is 0 Å². The van der Waals surface area contributed by atoms with E-state index in [1.54, 1.807) is 12.1 Å². The maximum absolute atomic E-state index is 13.8. The fraction of sp³-hybridized carbons (Fsp3) is 0.294. The Kier molecular flexibility index (Phi) is 3.77. The quantitative estimate of drug-likeness (QED) is 0.915. The van der Waals surface area contributed by atoms with Gasteiger partial charge in [0.05, 0.1) is 0 Å². The number of benzene rings is 2. The Morgan fingerprint density at radius 2 is 1.75 bits per heavy atom. The van der Waals surface area contributed by atoms with Gasteiger partial charge in [-0.2, -0.15) is 0 Å². The molecule has 2 N–H and O–H groups in total. The topological polar surface area (TPSA) is 26.0 Å². The molecule has 3 rings (SSSR count). The minimum atomic E-state index is -0.261. The summed E-state index contributed by atoms with van der Waals surface area (Å²) < 4.78 is 13.8. The molecule has 0 aliphatic heterocycles. The van der Waals surface area contributed by atoms with Crippen LogP contribution in [0.5, 0.6) is 0 Å². The molecule has 1 atom stereocenters. The second-order valence-electron chi connectivity index (χ2n) is 5.51. The maximum Gasteiger partial charge on any atom is 0.127 e. The SMILES string of the molecule is NC(Cc1c(F)cccc1Cl)C1Cc2ccccc2C1. The first-order chi connectivity index (χ1) is 9.65.